The van der Waals surface area contributed by atoms with E-state index in [-0.39, 0.29) is 17.7 Å². The fourth-order valence-electron chi connectivity index (χ4n) is 4.44. The van der Waals surface area contributed by atoms with E-state index < -0.39 is 0 Å². The molecule has 2 saturated heterocycles. The highest BCUT2D eigenvalue weighted by Gasteiger charge is 2.40. The molecule has 1 amide bonds. The van der Waals surface area contributed by atoms with Gasteiger partial charge >= 0.3 is 0 Å². The van der Waals surface area contributed by atoms with Crippen LogP contribution in [0.1, 0.15) is 43.6 Å². The molecule has 1 aromatic rings. The van der Waals surface area contributed by atoms with E-state index in [2.05, 4.69) is 40.5 Å². The van der Waals surface area contributed by atoms with Crippen molar-refractivity contribution in [3.8, 4) is 0 Å². The SMILES string of the molecule is O=C(CN1CCC(c2ccccc2)C1)NC1CCC2(CC1)OCCO2. The molecule has 1 atom stereocenters. The van der Waals surface area contributed by atoms with Crippen LogP contribution < -0.4 is 5.32 Å². The number of nitrogens with one attached hydrogen (secondary N) is 1. The standard InChI is InChI=1S/C20H28N2O3/c23-19(21-18-6-9-20(10-7-18)24-12-13-25-20)15-22-11-8-17(14-22)16-4-2-1-3-5-16/h1-5,17-18H,6-15H2,(H,21,23). The van der Waals surface area contributed by atoms with Crippen LogP contribution in [0, 0.1) is 0 Å². The van der Waals surface area contributed by atoms with Gasteiger partial charge in [0.05, 0.1) is 19.8 Å². The molecular formula is C20H28N2O3. The minimum absolute atomic E-state index is 0.155. The third kappa shape index (κ3) is 4.05. The highest BCUT2D eigenvalue weighted by atomic mass is 16.7. The van der Waals surface area contributed by atoms with Gasteiger partial charge in [-0.05, 0) is 37.3 Å². The molecule has 1 unspecified atom stereocenters. The first-order valence-corrected chi connectivity index (χ1v) is 9.57. The van der Waals surface area contributed by atoms with Gasteiger partial charge in [0.25, 0.3) is 0 Å². The van der Waals surface area contributed by atoms with E-state index in [0.717, 1.165) is 45.2 Å². The van der Waals surface area contributed by atoms with Gasteiger partial charge in [0, 0.05) is 25.4 Å². The summed E-state index contributed by atoms with van der Waals surface area (Å²) in [5, 5.41) is 3.22. The zero-order chi connectivity index (χ0) is 17.1. The number of amides is 1. The molecule has 5 heteroatoms. The minimum atomic E-state index is -0.348. The summed E-state index contributed by atoms with van der Waals surface area (Å²) in [6.07, 6.45) is 4.80. The Kier molecular flexibility index (Phi) is 5.06. The van der Waals surface area contributed by atoms with Crippen molar-refractivity contribution in [3.63, 3.8) is 0 Å². The molecule has 4 rings (SSSR count). The molecule has 136 valence electrons. The van der Waals surface area contributed by atoms with Gasteiger partial charge in [-0.1, -0.05) is 30.3 Å². The summed E-state index contributed by atoms with van der Waals surface area (Å²) in [6, 6.07) is 10.9. The number of nitrogens with zero attached hydrogens (tertiary/aromatic N) is 1. The molecule has 1 aliphatic carbocycles. The summed E-state index contributed by atoms with van der Waals surface area (Å²) in [7, 11) is 0. The van der Waals surface area contributed by atoms with Crippen LogP contribution >= 0.6 is 0 Å². The number of hydrogen-bond donors (Lipinski definition) is 1. The van der Waals surface area contributed by atoms with Crippen molar-refractivity contribution in [1.82, 2.24) is 10.2 Å². The van der Waals surface area contributed by atoms with Gasteiger partial charge in [-0.25, -0.2) is 0 Å². The first kappa shape index (κ1) is 17.0. The number of benzene rings is 1. The normalized spacial score (nSPS) is 27.0. The van der Waals surface area contributed by atoms with Gasteiger partial charge in [-0.15, -0.1) is 0 Å². The maximum absolute atomic E-state index is 12.4. The van der Waals surface area contributed by atoms with Crippen molar-refractivity contribution in [3.05, 3.63) is 35.9 Å². The van der Waals surface area contributed by atoms with Crippen molar-refractivity contribution in [2.24, 2.45) is 0 Å². The number of rotatable bonds is 4. The molecule has 1 aromatic carbocycles. The number of hydrogen-bond acceptors (Lipinski definition) is 4. The number of carbonyl (C=O) groups excluding carboxylic acids is 1. The first-order valence-electron chi connectivity index (χ1n) is 9.57. The zero-order valence-corrected chi connectivity index (χ0v) is 14.8. The Balaban J connectivity index is 1.21. The van der Waals surface area contributed by atoms with E-state index in [9.17, 15) is 4.79 Å². The molecule has 3 fully saturated rings. The van der Waals surface area contributed by atoms with Crippen LogP contribution in [0.25, 0.3) is 0 Å². The van der Waals surface area contributed by atoms with Crippen molar-refractivity contribution < 1.29 is 14.3 Å². The molecule has 1 spiro atoms. The highest BCUT2D eigenvalue weighted by Crippen LogP contribution is 2.35. The molecular weight excluding hydrogens is 316 g/mol. The van der Waals surface area contributed by atoms with Gasteiger partial charge < -0.3 is 14.8 Å². The Bertz CT molecular complexity index is 576. The molecule has 3 aliphatic rings. The fraction of sp³-hybridized carbons (Fsp3) is 0.650. The van der Waals surface area contributed by atoms with Gasteiger partial charge in [0.2, 0.25) is 5.91 Å². The predicted octanol–water partition coefficient (Wildman–Crippen LogP) is 2.28. The second-order valence-electron chi connectivity index (χ2n) is 7.58. The number of ether oxygens (including phenoxy) is 2. The van der Waals surface area contributed by atoms with Crippen LogP contribution in [0.4, 0.5) is 0 Å². The monoisotopic (exact) mass is 344 g/mol. The lowest BCUT2D eigenvalue weighted by atomic mass is 9.90. The van der Waals surface area contributed by atoms with Crippen molar-refractivity contribution in [2.75, 3.05) is 32.8 Å². The quantitative estimate of drug-likeness (QED) is 0.910. The van der Waals surface area contributed by atoms with E-state index in [1.807, 2.05) is 0 Å². The average molecular weight is 344 g/mol. The van der Waals surface area contributed by atoms with Crippen LogP contribution in [-0.2, 0) is 14.3 Å². The predicted molar refractivity (Wildman–Crippen MR) is 95.3 cm³/mol. The number of likely N-dealkylation sites (tertiary alicyclic amines) is 1. The van der Waals surface area contributed by atoms with Crippen molar-refractivity contribution in [1.29, 1.82) is 0 Å². The number of carbonyl (C=O) groups is 1. The molecule has 0 radical (unpaired) electrons. The minimum Gasteiger partial charge on any atom is -0.352 e. The maximum Gasteiger partial charge on any atom is 0.234 e. The summed E-state index contributed by atoms with van der Waals surface area (Å²) in [5.74, 6) is 0.363. The lowest BCUT2D eigenvalue weighted by Crippen LogP contribution is -2.46. The van der Waals surface area contributed by atoms with E-state index in [0.29, 0.717) is 25.7 Å². The summed E-state index contributed by atoms with van der Waals surface area (Å²) in [5.41, 5.74) is 1.39. The molecule has 0 aromatic heterocycles. The Labute approximate surface area is 149 Å². The Hall–Kier alpha value is -1.43. The smallest absolute Gasteiger partial charge is 0.234 e. The van der Waals surface area contributed by atoms with Crippen LogP contribution in [0.3, 0.4) is 0 Å². The molecule has 5 nitrogen and oxygen atoms in total. The van der Waals surface area contributed by atoms with Gasteiger partial charge in [0.15, 0.2) is 5.79 Å². The second-order valence-corrected chi connectivity index (χ2v) is 7.58. The molecule has 0 bridgehead atoms. The Morgan fingerprint density at radius 2 is 1.84 bits per heavy atom. The first-order chi connectivity index (χ1) is 12.2. The lowest BCUT2D eigenvalue weighted by molar-refractivity contribution is -0.180. The van der Waals surface area contributed by atoms with Crippen molar-refractivity contribution in [2.45, 2.75) is 49.9 Å². The summed E-state index contributed by atoms with van der Waals surface area (Å²) in [4.78, 5) is 14.7. The van der Waals surface area contributed by atoms with Crippen LogP contribution in [0.5, 0.6) is 0 Å². The van der Waals surface area contributed by atoms with Gasteiger partial charge in [0.1, 0.15) is 0 Å². The topological polar surface area (TPSA) is 50.8 Å². The molecule has 1 N–H and O–H groups in total. The second kappa shape index (κ2) is 7.44. The summed E-state index contributed by atoms with van der Waals surface area (Å²) < 4.78 is 11.5. The highest BCUT2D eigenvalue weighted by molar-refractivity contribution is 5.78. The third-order valence-electron chi connectivity index (χ3n) is 5.84. The summed E-state index contributed by atoms with van der Waals surface area (Å²) >= 11 is 0. The molecule has 25 heavy (non-hydrogen) atoms. The molecule has 1 saturated carbocycles. The maximum atomic E-state index is 12.4. The van der Waals surface area contributed by atoms with Crippen LogP contribution in [0.15, 0.2) is 30.3 Å². The zero-order valence-electron chi connectivity index (χ0n) is 14.8. The van der Waals surface area contributed by atoms with E-state index in [4.69, 9.17) is 9.47 Å². The molecule has 2 aliphatic heterocycles. The summed E-state index contributed by atoms with van der Waals surface area (Å²) in [6.45, 7) is 3.90. The van der Waals surface area contributed by atoms with Crippen LogP contribution in [0.2, 0.25) is 0 Å². The van der Waals surface area contributed by atoms with E-state index >= 15 is 0 Å². The van der Waals surface area contributed by atoms with E-state index in [1.54, 1.807) is 0 Å². The average Bonchev–Trinajstić information content (AvgIpc) is 3.28. The van der Waals surface area contributed by atoms with Crippen LogP contribution in [-0.4, -0.2) is 55.5 Å². The van der Waals surface area contributed by atoms with E-state index in [1.165, 1.54) is 5.56 Å². The Morgan fingerprint density at radius 1 is 1.12 bits per heavy atom. The fourth-order valence-corrected chi connectivity index (χ4v) is 4.44. The third-order valence-corrected chi connectivity index (χ3v) is 5.84. The van der Waals surface area contributed by atoms with Gasteiger partial charge in [-0.2, -0.15) is 0 Å². The lowest BCUT2D eigenvalue weighted by Gasteiger charge is -2.35. The van der Waals surface area contributed by atoms with Gasteiger partial charge in [-0.3, -0.25) is 9.69 Å². The Morgan fingerprint density at radius 3 is 2.56 bits per heavy atom. The van der Waals surface area contributed by atoms with Crippen molar-refractivity contribution >= 4 is 5.91 Å². The molecule has 2 heterocycles. The largest absolute Gasteiger partial charge is 0.352 e.